The Morgan fingerprint density at radius 1 is 1.19 bits per heavy atom. The topological polar surface area (TPSA) is 131 Å². The summed E-state index contributed by atoms with van der Waals surface area (Å²) in [6.07, 6.45) is -0.501. The Morgan fingerprint density at radius 2 is 1.94 bits per heavy atom. The van der Waals surface area contributed by atoms with E-state index in [0.29, 0.717) is 10.0 Å². The lowest BCUT2D eigenvalue weighted by Gasteiger charge is -2.34. The number of amides is 1. The summed E-state index contributed by atoms with van der Waals surface area (Å²) in [7, 11) is 0. The first-order chi connectivity index (χ1) is 16.9. The smallest absolute Gasteiger partial charge is 0.439 e. The van der Waals surface area contributed by atoms with Gasteiger partial charge in [0.1, 0.15) is 0 Å². The van der Waals surface area contributed by atoms with Crippen LogP contribution in [0.1, 0.15) is 32.4 Å². The lowest BCUT2D eigenvalue weighted by molar-refractivity contribution is -0.0789. The van der Waals surface area contributed by atoms with Crippen LogP contribution in [-0.2, 0) is 11.3 Å². The molecule has 3 atom stereocenters. The molecule has 36 heavy (non-hydrogen) atoms. The van der Waals surface area contributed by atoms with Crippen molar-refractivity contribution in [2.45, 2.75) is 39.5 Å². The summed E-state index contributed by atoms with van der Waals surface area (Å²) in [5.41, 5.74) is 0.0769. The second-order valence-corrected chi connectivity index (χ2v) is 10.7. The molecule has 0 radical (unpaired) electrons. The van der Waals surface area contributed by atoms with Gasteiger partial charge in [0, 0.05) is 25.2 Å². The summed E-state index contributed by atoms with van der Waals surface area (Å²) >= 11 is 12.5. The van der Waals surface area contributed by atoms with E-state index >= 15 is 0 Å². The van der Waals surface area contributed by atoms with Gasteiger partial charge in [0.05, 0.1) is 34.4 Å². The zero-order valence-corrected chi connectivity index (χ0v) is 21.4. The van der Waals surface area contributed by atoms with Gasteiger partial charge in [0.2, 0.25) is 0 Å². The number of aromatic amines is 1. The lowest BCUT2D eigenvalue weighted by atomic mass is 9.88. The molecule has 0 aliphatic carbocycles. The molecule has 1 aliphatic rings. The quantitative estimate of drug-likeness (QED) is 0.508. The highest BCUT2D eigenvalue weighted by Gasteiger charge is 2.40. The molecule has 1 fully saturated rings. The predicted octanol–water partition coefficient (Wildman–Crippen LogP) is 4.28. The lowest BCUT2D eigenvalue weighted by Crippen LogP contribution is -2.42. The molecule has 0 bridgehead atoms. The van der Waals surface area contributed by atoms with Crippen molar-refractivity contribution in [1.29, 1.82) is 0 Å². The largest absolute Gasteiger partial charge is 0.465 e. The van der Waals surface area contributed by atoms with Crippen LogP contribution < -0.4 is 11.3 Å². The number of hydrogen-bond acceptors (Lipinski definition) is 6. The van der Waals surface area contributed by atoms with E-state index in [1.54, 1.807) is 30.5 Å². The van der Waals surface area contributed by atoms with E-state index in [0.717, 1.165) is 5.56 Å². The summed E-state index contributed by atoms with van der Waals surface area (Å²) in [6.45, 7) is 6.36. The number of pyridine rings is 1. The van der Waals surface area contributed by atoms with Crippen LogP contribution in [0.25, 0.3) is 11.4 Å². The molecule has 1 saturated heterocycles. The predicted molar refractivity (Wildman–Crippen MR) is 133 cm³/mol. The first-order valence-corrected chi connectivity index (χ1v) is 12.0. The number of carboxylic acid groups (broad SMARTS) is 1. The molecule has 1 aromatic carbocycles. The van der Waals surface area contributed by atoms with Gasteiger partial charge in [-0.25, -0.2) is 9.59 Å². The molecule has 1 unspecified atom stereocenters. The fourth-order valence-electron chi connectivity index (χ4n) is 4.27. The Hall–Kier alpha value is -3.08. The van der Waals surface area contributed by atoms with E-state index in [4.69, 9.17) is 27.9 Å². The van der Waals surface area contributed by atoms with Crippen LogP contribution in [0.5, 0.6) is 0 Å². The summed E-state index contributed by atoms with van der Waals surface area (Å²) < 4.78 is 12.6. The third-order valence-electron chi connectivity index (χ3n) is 6.24. The van der Waals surface area contributed by atoms with Crippen molar-refractivity contribution in [3.05, 3.63) is 73.0 Å². The molecule has 10 nitrogen and oxygen atoms in total. The number of rotatable bonds is 4. The van der Waals surface area contributed by atoms with Gasteiger partial charge in [0.15, 0.2) is 5.82 Å². The first-order valence-electron chi connectivity index (χ1n) is 11.3. The van der Waals surface area contributed by atoms with Crippen LogP contribution >= 0.6 is 23.2 Å². The number of benzene rings is 1. The Morgan fingerprint density at radius 3 is 2.56 bits per heavy atom. The van der Waals surface area contributed by atoms with E-state index in [1.165, 1.54) is 15.5 Å². The Labute approximate surface area is 216 Å². The van der Waals surface area contributed by atoms with Crippen LogP contribution in [0.3, 0.4) is 0 Å². The number of carbonyl (C=O) groups is 1. The number of nitrogens with zero attached hydrogens (tertiary/aromatic N) is 3. The summed E-state index contributed by atoms with van der Waals surface area (Å²) in [6, 6.07) is 8.33. The van der Waals surface area contributed by atoms with Crippen LogP contribution in [0.2, 0.25) is 10.0 Å². The summed E-state index contributed by atoms with van der Waals surface area (Å²) in [5, 5.41) is 14.3. The average molecular weight is 537 g/mol. The molecule has 2 N–H and O–H groups in total. The standard InChI is InChI=1S/C24H26Cl2N4O6/c1-24(2,3)18-12-30(23(33)34)11-14(19(35-18)13-6-7-16(25)17(26)9-13)10-29-8-4-5-15(21(29)31)20-27-22(32)36-28-20/h4-9,14,18-19H,10-12H2,1-3H3,(H,33,34)(H,27,28,32)/t14-,18?,19-/m0/s1. The van der Waals surface area contributed by atoms with Gasteiger partial charge in [-0.3, -0.25) is 14.3 Å². The maximum absolute atomic E-state index is 13.3. The molecule has 4 rings (SSSR count). The third-order valence-corrected chi connectivity index (χ3v) is 6.97. The molecule has 12 heteroatoms. The van der Waals surface area contributed by atoms with E-state index in [1.807, 2.05) is 20.8 Å². The SMILES string of the molecule is CC(C)(C)C1CN(C(=O)O)C[C@H](Cn2cccc(-c3noc(=O)[nH]3)c2=O)[C@H](c2ccc(Cl)c(Cl)c2)O1. The number of hydrogen-bond donors (Lipinski definition) is 2. The van der Waals surface area contributed by atoms with Crippen LogP contribution in [-0.4, -0.2) is 50.0 Å². The number of halogens is 2. The molecule has 1 amide bonds. The van der Waals surface area contributed by atoms with Crippen molar-refractivity contribution in [2.75, 3.05) is 13.1 Å². The minimum Gasteiger partial charge on any atom is -0.465 e. The number of ether oxygens (including phenoxy) is 1. The van der Waals surface area contributed by atoms with Gasteiger partial charge in [-0.05, 0) is 35.2 Å². The molecule has 192 valence electrons. The van der Waals surface area contributed by atoms with E-state index in [-0.39, 0.29) is 36.4 Å². The molecule has 0 saturated carbocycles. The van der Waals surface area contributed by atoms with Crippen molar-refractivity contribution < 1.29 is 19.2 Å². The van der Waals surface area contributed by atoms with Crippen LogP contribution in [0, 0.1) is 11.3 Å². The first kappa shape index (κ1) is 26.0. The highest BCUT2D eigenvalue weighted by Crippen LogP contribution is 2.39. The Bertz CT molecular complexity index is 1380. The Balaban J connectivity index is 1.78. The van der Waals surface area contributed by atoms with Crippen molar-refractivity contribution in [1.82, 2.24) is 19.6 Å². The van der Waals surface area contributed by atoms with Gasteiger partial charge in [-0.2, -0.15) is 0 Å². The molecule has 3 aromatic rings. The molecule has 3 heterocycles. The van der Waals surface area contributed by atoms with Crippen molar-refractivity contribution >= 4 is 29.3 Å². The number of aromatic nitrogens is 3. The van der Waals surface area contributed by atoms with Crippen molar-refractivity contribution in [2.24, 2.45) is 11.3 Å². The average Bonchev–Trinajstić information content (AvgIpc) is 3.13. The van der Waals surface area contributed by atoms with Gasteiger partial charge >= 0.3 is 11.8 Å². The minimum absolute atomic E-state index is 0.0115. The number of H-pyrrole nitrogens is 1. The molecular formula is C24H26Cl2N4O6. The van der Waals surface area contributed by atoms with E-state index in [2.05, 4.69) is 14.7 Å². The summed E-state index contributed by atoms with van der Waals surface area (Å²) in [5.74, 6) is -1.23. The van der Waals surface area contributed by atoms with Gasteiger partial charge in [-0.1, -0.05) is 55.2 Å². The molecular weight excluding hydrogens is 511 g/mol. The zero-order chi connectivity index (χ0) is 26.2. The van der Waals surface area contributed by atoms with Crippen molar-refractivity contribution in [3.8, 4) is 11.4 Å². The maximum Gasteiger partial charge on any atom is 0.439 e. The Kier molecular flexibility index (Phi) is 7.31. The fourth-order valence-corrected chi connectivity index (χ4v) is 4.58. The maximum atomic E-state index is 13.3. The molecule has 2 aromatic heterocycles. The van der Waals surface area contributed by atoms with Gasteiger partial charge in [-0.15, -0.1) is 0 Å². The zero-order valence-electron chi connectivity index (χ0n) is 19.9. The fraction of sp³-hybridized carbons (Fsp3) is 0.417. The second kappa shape index (κ2) is 10.1. The second-order valence-electron chi connectivity index (χ2n) is 9.86. The highest BCUT2D eigenvalue weighted by molar-refractivity contribution is 6.42. The van der Waals surface area contributed by atoms with Crippen LogP contribution in [0.15, 0.2) is 50.6 Å². The molecule has 1 aliphatic heterocycles. The van der Waals surface area contributed by atoms with Gasteiger partial charge in [0.25, 0.3) is 5.56 Å². The van der Waals surface area contributed by atoms with Gasteiger partial charge < -0.3 is 19.3 Å². The minimum atomic E-state index is -1.08. The van der Waals surface area contributed by atoms with Crippen molar-refractivity contribution in [3.63, 3.8) is 0 Å². The monoisotopic (exact) mass is 536 g/mol. The summed E-state index contributed by atoms with van der Waals surface area (Å²) in [4.78, 5) is 40.5. The number of nitrogens with one attached hydrogen (secondary N) is 1. The third kappa shape index (κ3) is 5.50. The normalized spacial score (nSPS) is 20.8. The van der Waals surface area contributed by atoms with E-state index < -0.39 is 35.5 Å². The molecule has 0 spiro atoms. The highest BCUT2D eigenvalue weighted by atomic mass is 35.5. The van der Waals surface area contributed by atoms with E-state index in [9.17, 15) is 19.5 Å². The van der Waals surface area contributed by atoms with Crippen LogP contribution in [0.4, 0.5) is 4.79 Å².